The molecule has 1 aliphatic heterocycles. The van der Waals surface area contributed by atoms with E-state index >= 15 is 0 Å². The Kier molecular flexibility index (Phi) is 3.36. The van der Waals surface area contributed by atoms with Crippen molar-refractivity contribution in [2.24, 2.45) is 4.99 Å². The third kappa shape index (κ3) is 2.63. The zero-order valence-electron chi connectivity index (χ0n) is 11.6. The average Bonchev–Trinajstić information content (AvgIpc) is 2.55. The molecule has 3 rings (SSSR count). The van der Waals surface area contributed by atoms with E-state index in [0.29, 0.717) is 6.42 Å². The van der Waals surface area contributed by atoms with Crippen LogP contribution in [0.5, 0.6) is 0 Å². The van der Waals surface area contributed by atoms with Crippen molar-refractivity contribution < 1.29 is 0 Å². The van der Waals surface area contributed by atoms with Crippen LogP contribution in [0, 0.1) is 13.8 Å². The number of anilines is 1. The zero-order valence-corrected chi connectivity index (χ0v) is 12.4. The minimum atomic E-state index is 0.674. The smallest absolute Gasteiger partial charge is 0.0868 e. The average molecular weight is 280 g/mol. The molecule has 0 aromatic heterocycles. The Morgan fingerprint density at radius 1 is 1.05 bits per heavy atom. The number of benzene rings is 2. The van der Waals surface area contributed by atoms with Crippen LogP contribution < -0.4 is 5.32 Å². The predicted molar refractivity (Wildman–Crippen MR) is 89.4 cm³/mol. The fraction of sp³-hybridized carbons (Fsp3) is 0.176. The van der Waals surface area contributed by atoms with Gasteiger partial charge in [-0.1, -0.05) is 53.7 Å². The van der Waals surface area contributed by atoms with Crippen molar-refractivity contribution in [1.29, 1.82) is 0 Å². The van der Waals surface area contributed by atoms with Crippen LogP contribution in [-0.4, -0.2) is 10.7 Å². The quantitative estimate of drug-likeness (QED) is 0.774. The molecule has 0 fully saturated rings. The number of rotatable bonds is 1. The van der Waals surface area contributed by atoms with Crippen LogP contribution in [0.1, 0.15) is 23.1 Å². The topological polar surface area (TPSA) is 24.4 Å². The molecule has 1 aliphatic rings. The molecule has 2 aromatic carbocycles. The molecule has 0 unspecified atom stereocenters. The third-order valence-corrected chi connectivity index (χ3v) is 3.56. The van der Waals surface area contributed by atoms with Crippen molar-refractivity contribution in [3.8, 4) is 0 Å². The van der Waals surface area contributed by atoms with Crippen molar-refractivity contribution in [1.82, 2.24) is 0 Å². The highest BCUT2D eigenvalue weighted by Gasteiger charge is 2.14. The van der Waals surface area contributed by atoms with Crippen LogP contribution in [0.15, 0.2) is 47.5 Å². The maximum absolute atomic E-state index is 5.42. The fourth-order valence-electron chi connectivity index (χ4n) is 2.52. The molecule has 2 aromatic rings. The fourth-order valence-corrected chi connectivity index (χ4v) is 2.76. The summed E-state index contributed by atoms with van der Waals surface area (Å²) in [5, 5.41) is 3.27. The highest BCUT2D eigenvalue weighted by Crippen LogP contribution is 2.29. The van der Waals surface area contributed by atoms with Gasteiger partial charge in [0, 0.05) is 6.42 Å². The van der Waals surface area contributed by atoms with Gasteiger partial charge in [-0.2, -0.15) is 0 Å². The SMILES string of the molecule is Cc1cc(C)cc(C2=Nc3ccccc3NC(=S)C2)c1. The molecule has 0 aliphatic carbocycles. The van der Waals surface area contributed by atoms with E-state index < -0.39 is 0 Å². The van der Waals surface area contributed by atoms with Crippen LogP contribution in [0.4, 0.5) is 11.4 Å². The number of para-hydroxylation sites is 2. The molecule has 3 heteroatoms. The van der Waals surface area contributed by atoms with Gasteiger partial charge in [0.15, 0.2) is 0 Å². The second-order valence-corrected chi connectivity index (χ2v) is 5.67. The second kappa shape index (κ2) is 5.17. The molecular formula is C17H16N2S. The van der Waals surface area contributed by atoms with E-state index in [2.05, 4.69) is 37.4 Å². The van der Waals surface area contributed by atoms with Crippen LogP contribution in [-0.2, 0) is 0 Å². The van der Waals surface area contributed by atoms with Crippen molar-refractivity contribution in [3.05, 3.63) is 59.2 Å². The Labute approximate surface area is 124 Å². The summed E-state index contributed by atoms with van der Waals surface area (Å²) < 4.78 is 0. The number of fused-ring (bicyclic) bond motifs is 1. The van der Waals surface area contributed by atoms with Crippen LogP contribution >= 0.6 is 12.2 Å². The summed E-state index contributed by atoms with van der Waals surface area (Å²) in [5.74, 6) is 0. The lowest BCUT2D eigenvalue weighted by Gasteiger charge is -2.07. The lowest BCUT2D eigenvalue weighted by atomic mass is 10.0. The van der Waals surface area contributed by atoms with E-state index in [0.717, 1.165) is 27.6 Å². The second-order valence-electron chi connectivity index (χ2n) is 5.18. The molecule has 2 nitrogen and oxygen atoms in total. The minimum Gasteiger partial charge on any atom is -0.348 e. The van der Waals surface area contributed by atoms with E-state index in [1.54, 1.807) is 0 Å². The van der Waals surface area contributed by atoms with Gasteiger partial charge in [-0.05, 0) is 31.5 Å². The standard InChI is InChI=1S/C17H16N2S/c1-11-7-12(2)9-13(8-11)16-10-17(20)19-15-6-4-3-5-14(15)18-16/h3-9H,10H2,1-2H3,(H,19,20). The Morgan fingerprint density at radius 2 is 1.75 bits per heavy atom. The highest BCUT2D eigenvalue weighted by atomic mass is 32.1. The first kappa shape index (κ1) is 13.0. The lowest BCUT2D eigenvalue weighted by molar-refractivity contribution is 1.35. The molecule has 0 saturated heterocycles. The minimum absolute atomic E-state index is 0.674. The highest BCUT2D eigenvalue weighted by molar-refractivity contribution is 7.80. The molecule has 0 radical (unpaired) electrons. The molecule has 0 atom stereocenters. The Hall–Kier alpha value is -2.00. The van der Waals surface area contributed by atoms with E-state index in [4.69, 9.17) is 17.2 Å². The zero-order chi connectivity index (χ0) is 14.1. The first-order valence-corrected chi connectivity index (χ1v) is 7.08. The van der Waals surface area contributed by atoms with Gasteiger partial charge >= 0.3 is 0 Å². The molecule has 1 N–H and O–H groups in total. The Morgan fingerprint density at radius 3 is 2.50 bits per heavy atom. The molecular weight excluding hydrogens is 264 g/mol. The predicted octanol–water partition coefficient (Wildman–Crippen LogP) is 4.57. The normalized spacial score (nSPS) is 14.1. The summed E-state index contributed by atoms with van der Waals surface area (Å²) in [5.41, 5.74) is 6.61. The van der Waals surface area contributed by atoms with Gasteiger partial charge < -0.3 is 5.32 Å². The number of hydrogen-bond donors (Lipinski definition) is 1. The summed E-state index contributed by atoms with van der Waals surface area (Å²) >= 11 is 5.42. The summed E-state index contributed by atoms with van der Waals surface area (Å²) in [7, 11) is 0. The van der Waals surface area contributed by atoms with Crippen LogP contribution in [0.2, 0.25) is 0 Å². The number of aliphatic imine (C=N–C) groups is 1. The Balaban J connectivity index is 2.13. The van der Waals surface area contributed by atoms with Crippen molar-refractivity contribution in [3.63, 3.8) is 0 Å². The molecule has 0 spiro atoms. The van der Waals surface area contributed by atoms with Gasteiger partial charge in [0.1, 0.15) is 0 Å². The van der Waals surface area contributed by atoms with Gasteiger partial charge in [-0.25, -0.2) is 0 Å². The summed E-state index contributed by atoms with van der Waals surface area (Å²) in [6, 6.07) is 14.5. The van der Waals surface area contributed by atoms with Gasteiger partial charge in [-0.3, -0.25) is 4.99 Å². The number of hydrogen-bond acceptors (Lipinski definition) is 2. The van der Waals surface area contributed by atoms with Crippen LogP contribution in [0.25, 0.3) is 0 Å². The van der Waals surface area contributed by atoms with E-state index in [1.807, 2.05) is 24.3 Å². The first-order chi connectivity index (χ1) is 9.61. The number of thiocarbonyl (C=S) groups is 1. The summed E-state index contributed by atoms with van der Waals surface area (Å²) in [4.78, 5) is 5.62. The van der Waals surface area contributed by atoms with Gasteiger partial charge in [0.25, 0.3) is 0 Å². The summed E-state index contributed by atoms with van der Waals surface area (Å²) in [6.07, 6.45) is 0.674. The van der Waals surface area contributed by atoms with Crippen molar-refractivity contribution >= 4 is 34.3 Å². The van der Waals surface area contributed by atoms with Gasteiger partial charge in [0.2, 0.25) is 0 Å². The molecule has 0 saturated carbocycles. The largest absolute Gasteiger partial charge is 0.348 e. The lowest BCUT2D eigenvalue weighted by Crippen LogP contribution is -2.13. The maximum Gasteiger partial charge on any atom is 0.0868 e. The van der Waals surface area contributed by atoms with E-state index in [9.17, 15) is 0 Å². The van der Waals surface area contributed by atoms with Crippen LogP contribution in [0.3, 0.4) is 0 Å². The first-order valence-electron chi connectivity index (χ1n) is 6.67. The molecule has 0 amide bonds. The number of aryl methyl sites for hydroxylation is 2. The third-order valence-electron chi connectivity index (χ3n) is 3.32. The van der Waals surface area contributed by atoms with Crippen molar-refractivity contribution in [2.45, 2.75) is 20.3 Å². The maximum atomic E-state index is 5.42. The van der Waals surface area contributed by atoms with Gasteiger partial charge in [0.05, 0.1) is 22.1 Å². The van der Waals surface area contributed by atoms with Gasteiger partial charge in [-0.15, -0.1) is 0 Å². The molecule has 20 heavy (non-hydrogen) atoms. The van der Waals surface area contributed by atoms with Crippen molar-refractivity contribution in [2.75, 3.05) is 5.32 Å². The summed E-state index contributed by atoms with van der Waals surface area (Å²) in [6.45, 7) is 4.22. The van der Waals surface area contributed by atoms with E-state index in [1.165, 1.54) is 11.1 Å². The molecule has 0 bridgehead atoms. The monoisotopic (exact) mass is 280 g/mol. The molecule has 100 valence electrons. The number of nitrogens with zero attached hydrogens (tertiary/aromatic N) is 1. The number of nitrogens with one attached hydrogen (secondary N) is 1. The molecule has 1 heterocycles. The van der Waals surface area contributed by atoms with E-state index in [-0.39, 0.29) is 0 Å². The Bertz CT molecular complexity index is 696.